The van der Waals surface area contributed by atoms with Crippen molar-refractivity contribution in [3.63, 3.8) is 0 Å². The Morgan fingerprint density at radius 1 is 1.22 bits per heavy atom. The first-order valence-electron chi connectivity index (χ1n) is 7.65. The number of esters is 1. The lowest BCUT2D eigenvalue weighted by Crippen LogP contribution is -2.03. The van der Waals surface area contributed by atoms with Crippen LogP contribution in [-0.4, -0.2) is 25.2 Å². The van der Waals surface area contributed by atoms with Crippen molar-refractivity contribution < 1.29 is 27.4 Å². The van der Waals surface area contributed by atoms with Crippen molar-refractivity contribution in [2.75, 3.05) is 14.2 Å². The monoisotopic (exact) mass is 415 g/mol. The van der Waals surface area contributed by atoms with Crippen LogP contribution in [0.5, 0.6) is 5.88 Å². The van der Waals surface area contributed by atoms with Gasteiger partial charge >= 0.3 is 12.1 Å². The van der Waals surface area contributed by atoms with Crippen LogP contribution in [0.3, 0.4) is 0 Å². The van der Waals surface area contributed by atoms with Crippen molar-refractivity contribution in [3.05, 3.63) is 56.2 Å². The minimum absolute atomic E-state index is 0.119. The van der Waals surface area contributed by atoms with Gasteiger partial charge in [-0.15, -0.1) is 11.3 Å². The van der Waals surface area contributed by atoms with Crippen LogP contribution in [0.25, 0.3) is 10.9 Å². The smallest absolute Gasteiger partial charge is 0.425 e. The van der Waals surface area contributed by atoms with Crippen LogP contribution < -0.4 is 4.74 Å². The van der Waals surface area contributed by atoms with Crippen molar-refractivity contribution in [1.29, 1.82) is 0 Å². The Labute approximate surface area is 161 Å². The summed E-state index contributed by atoms with van der Waals surface area (Å²) in [5, 5.41) is 0.757. The van der Waals surface area contributed by atoms with E-state index in [4.69, 9.17) is 21.1 Å². The summed E-state index contributed by atoms with van der Waals surface area (Å²) in [7, 11) is 2.67. The number of carbonyl (C=O) groups excluding carboxylic acids is 1. The molecule has 0 fully saturated rings. The van der Waals surface area contributed by atoms with Gasteiger partial charge in [0.05, 0.1) is 30.3 Å². The van der Waals surface area contributed by atoms with Gasteiger partial charge in [0.15, 0.2) is 0 Å². The molecule has 27 heavy (non-hydrogen) atoms. The van der Waals surface area contributed by atoms with Crippen LogP contribution in [0, 0.1) is 0 Å². The first-order valence-corrected chi connectivity index (χ1v) is 8.84. The van der Waals surface area contributed by atoms with E-state index in [1.165, 1.54) is 26.4 Å². The molecule has 0 radical (unpaired) electrons. The number of rotatable bonds is 4. The quantitative estimate of drug-likeness (QED) is 0.538. The minimum atomic E-state index is -4.39. The second-order valence-corrected chi connectivity index (χ2v) is 7.12. The molecule has 0 spiro atoms. The predicted octanol–water partition coefficient (Wildman–Crippen LogP) is 5.35. The van der Waals surface area contributed by atoms with Crippen LogP contribution in [0.15, 0.2) is 30.3 Å². The number of aromatic nitrogens is 1. The zero-order valence-corrected chi connectivity index (χ0v) is 15.8. The number of benzene rings is 1. The fourth-order valence-electron chi connectivity index (χ4n) is 2.61. The lowest BCUT2D eigenvalue weighted by molar-refractivity contribution is -0.134. The highest BCUT2D eigenvalue weighted by Crippen LogP contribution is 2.38. The van der Waals surface area contributed by atoms with Gasteiger partial charge in [-0.2, -0.15) is 13.2 Å². The fraction of sp³-hybridized carbons (Fsp3) is 0.222. The van der Waals surface area contributed by atoms with E-state index < -0.39 is 17.0 Å². The van der Waals surface area contributed by atoms with E-state index >= 15 is 0 Å². The molecule has 0 unspecified atom stereocenters. The average molecular weight is 416 g/mol. The van der Waals surface area contributed by atoms with E-state index in [0.717, 1.165) is 6.07 Å². The van der Waals surface area contributed by atoms with Gasteiger partial charge < -0.3 is 9.47 Å². The standard InChI is InChI=1S/C18H13ClF3NO3S/c1-25-16-12(8-10-4-6-14(27-10)18(20,21)22)15(19)11-7-9(17(24)26-2)3-5-13(11)23-16/h3-7H,8H2,1-2H3. The van der Waals surface area contributed by atoms with Crippen LogP contribution in [0.4, 0.5) is 13.2 Å². The van der Waals surface area contributed by atoms with Gasteiger partial charge in [0.1, 0.15) is 4.88 Å². The summed E-state index contributed by atoms with van der Waals surface area (Å²) >= 11 is 7.14. The summed E-state index contributed by atoms with van der Waals surface area (Å²) < 4.78 is 48.5. The Kier molecular flexibility index (Phi) is 5.30. The molecule has 142 valence electrons. The van der Waals surface area contributed by atoms with Gasteiger partial charge in [-0.25, -0.2) is 9.78 Å². The zero-order chi connectivity index (χ0) is 19.8. The van der Waals surface area contributed by atoms with Crippen LogP contribution in [-0.2, 0) is 17.3 Å². The maximum atomic E-state index is 12.8. The molecule has 1 aromatic carbocycles. The topological polar surface area (TPSA) is 48.4 Å². The number of hydrogen-bond acceptors (Lipinski definition) is 5. The maximum Gasteiger partial charge on any atom is 0.425 e. The molecule has 0 aliphatic carbocycles. The van der Waals surface area contributed by atoms with E-state index in [-0.39, 0.29) is 17.3 Å². The summed E-state index contributed by atoms with van der Waals surface area (Å²) in [4.78, 5) is 15.9. The van der Waals surface area contributed by atoms with Crippen molar-refractivity contribution in [1.82, 2.24) is 4.98 Å². The zero-order valence-electron chi connectivity index (χ0n) is 14.2. The Balaban J connectivity index is 2.09. The van der Waals surface area contributed by atoms with Crippen molar-refractivity contribution in [2.45, 2.75) is 12.6 Å². The van der Waals surface area contributed by atoms with Gasteiger partial charge in [0.2, 0.25) is 5.88 Å². The average Bonchev–Trinajstić information content (AvgIpc) is 3.12. The van der Waals surface area contributed by atoms with Crippen molar-refractivity contribution in [3.8, 4) is 5.88 Å². The minimum Gasteiger partial charge on any atom is -0.481 e. The van der Waals surface area contributed by atoms with E-state index in [0.29, 0.717) is 38.2 Å². The number of ether oxygens (including phenoxy) is 2. The predicted molar refractivity (Wildman–Crippen MR) is 96.8 cm³/mol. The molecule has 2 heterocycles. The third-order valence-electron chi connectivity index (χ3n) is 3.88. The van der Waals surface area contributed by atoms with Crippen LogP contribution >= 0.6 is 22.9 Å². The fourth-order valence-corrected chi connectivity index (χ4v) is 3.79. The largest absolute Gasteiger partial charge is 0.481 e. The van der Waals surface area contributed by atoms with E-state index in [9.17, 15) is 18.0 Å². The maximum absolute atomic E-state index is 12.8. The summed E-state index contributed by atoms with van der Waals surface area (Å²) in [5.41, 5.74) is 1.24. The van der Waals surface area contributed by atoms with E-state index in [1.807, 2.05) is 0 Å². The molecule has 3 rings (SSSR count). The summed E-state index contributed by atoms with van der Waals surface area (Å²) in [5.74, 6) is -0.307. The molecule has 2 aromatic heterocycles. The van der Waals surface area contributed by atoms with Gasteiger partial charge in [0.25, 0.3) is 0 Å². The number of hydrogen-bond donors (Lipinski definition) is 0. The highest BCUT2D eigenvalue weighted by Gasteiger charge is 2.32. The molecular formula is C18H13ClF3NO3S. The molecule has 0 amide bonds. The first kappa shape index (κ1) is 19.4. The van der Waals surface area contributed by atoms with Crippen molar-refractivity contribution >= 4 is 39.8 Å². The van der Waals surface area contributed by atoms with Gasteiger partial charge in [-0.05, 0) is 30.3 Å². The Hall–Kier alpha value is -2.32. The molecule has 3 aromatic rings. The highest BCUT2D eigenvalue weighted by atomic mass is 35.5. The second kappa shape index (κ2) is 7.36. The number of pyridine rings is 1. The third-order valence-corrected chi connectivity index (χ3v) is 5.45. The number of nitrogens with zero attached hydrogens (tertiary/aromatic N) is 1. The molecule has 0 atom stereocenters. The molecule has 0 bridgehead atoms. The van der Waals surface area contributed by atoms with Gasteiger partial charge in [-0.1, -0.05) is 11.6 Å². The number of thiophene rings is 1. The summed E-state index contributed by atoms with van der Waals surface area (Å²) in [6, 6.07) is 7.12. The summed E-state index contributed by atoms with van der Waals surface area (Å²) in [6.07, 6.45) is -4.28. The molecule has 4 nitrogen and oxygen atoms in total. The van der Waals surface area contributed by atoms with Crippen LogP contribution in [0.1, 0.15) is 25.7 Å². The molecular weight excluding hydrogens is 403 g/mol. The number of carbonyl (C=O) groups is 1. The lowest BCUT2D eigenvalue weighted by Gasteiger charge is -2.12. The van der Waals surface area contributed by atoms with Gasteiger partial charge in [-0.3, -0.25) is 0 Å². The Morgan fingerprint density at radius 3 is 2.56 bits per heavy atom. The number of alkyl halides is 3. The lowest BCUT2D eigenvalue weighted by atomic mass is 10.1. The van der Waals surface area contributed by atoms with E-state index in [1.54, 1.807) is 12.1 Å². The van der Waals surface area contributed by atoms with Crippen molar-refractivity contribution in [2.24, 2.45) is 0 Å². The molecule has 0 aliphatic rings. The Morgan fingerprint density at radius 2 is 1.96 bits per heavy atom. The first-order chi connectivity index (χ1) is 12.7. The molecule has 0 saturated heterocycles. The number of halogens is 4. The normalized spacial score (nSPS) is 11.6. The molecule has 0 N–H and O–H groups in total. The summed E-state index contributed by atoms with van der Waals surface area (Å²) in [6.45, 7) is 0. The SMILES string of the molecule is COC(=O)c1ccc2nc(OC)c(Cc3ccc(C(F)(F)F)s3)c(Cl)c2c1. The number of fused-ring (bicyclic) bond motifs is 1. The van der Waals surface area contributed by atoms with Gasteiger partial charge in [0, 0.05) is 22.2 Å². The van der Waals surface area contributed by atoms with E-state index in [2.05, 4.69) is 4.98 Å². The Bertz CT molecular complexity index is 1020. The second-order valence-electron chi connectivity index (χ2n) is 5.58. The molecule has 9 heteroatoms. The number of methoxy groups -OCH3 is 2. The van der Waals surface area contributed by atoms with Crippen LogP contribution in [0.2, 0.25) is 5.02 Å². The molecule has 0 saturated carbocycles. The highest BCUT2D eigenvalue weighted by molar-refractivity contribution is 7.12. The third kappa shape index (κ3) is 3.86. The molecule has 0 aliphatic heterocycles.